The fraction of sp³-hybridized carbons (Fsp3) is 0.216. The molecular weight excluding hydrogens is 1430 g/mol. The van der Waals surface area contributed by atoms with Gasteiger partial charge in [0.05, 0.1) is 29.3 Å². The fourth-order valence-electron chi connectivity index (χ4n) is 17.4. The molecule has 0 saturated heterocycles. The van der Waals surface area contributed by atoms with E-state index in [0.717, 1.165) is 134 Å². The van der Waals surface area contributed by atoms with Crippen molar-refractivity contribution in [2.24, 2.45) is 0 Å². The smallest absolute Gasteiger partial charge is 0.252 e. The maximum atomic E-state index is 9.91. The molecule has 16 aromatic rings. The first-order chi connectivity index (χ1) is 58.4. The molecule has 2 aliphatic rings. The summed E-state index contributed by atoms with van der Waals surface area (Å²) < 4.78 is 50.1. The van der Waals surface area contributed by atoms with Crippen LogP contribution in [0.3, 0.4) is 0 Å². The van der Waals surface area contributed by atoms with Crippen LogP contribution < -0.4 is 26.2 Å². The lowest BCUT2D eigenvalue weighted by Crippen LogP contribution is -2.61. The van der Waals surface area contributed by atoms with Crippen LogP contribution in [-0.2, 0) is 32.5 Å². The molecule has 118 heavy (non-hydrogen) atoms. The number of anilines is 6. The van der Waals surface area contributed by atoms with E-state index in [1.54, 1.807) is 0 Å². The Morgan fingerprint density at radius 1 is 0.263 bits per heavy atom. The van der Waals surface area contributed by atoms with Gasteiger partial charge in [0.1, 0.15) is 0 Å². The van der Waals surface area contributed by atoms with Crippen molar-refractivity contribution in [2.75, 3.05) is 9.80 Å². The zero-order valence-corrected chi connectivity index (χ0v) is 71.3. The van der Waals surface area contributed by atoms with Crippen LogP contribution in [0.5, 0.6) is 0 Å². The van der Waals surface area contributed by atoms with Crippen molar-refractivity contribution < 1.29 is 6.85 Å². The van der Waals surface area contributed by atoms with Gasteiger partial charge in [0.25, 0.3) is 6.71 Å². The third kappa shape index (κ3) is 13.9. The molecule has 0 atom stereocenters. The summed E-state index contributed by atoms with van der Waals surface area (Å²) >= 11 is 0. The van der Waals surface area contributed by atoms with Crippen LogP contribution in [0.25, 0.3) is 117 Å². The monoisotopic (exact) mass is 1540 g/mol. The molecule has 0 radical (unpaired) electrons. The van der Waals surface area contributed by atoms with Crippen LogP contribution in [0.15, 0.2) is 309 Å². The highest BCUT2D eigenvalue weighted by atomic mass is 15.2. The number of aromatic nitrogens is 4. The Morgan fingerprint density at radius 3 is 1.03 bits per heavy atom. The highest BCUT2D eigenvalue weighted by molar-refractivity contribution is 7.00. The van der Waals surface area contributed by atoms with Gasteiger partial charge in [-0.25, -0.2) is 15.0 Å². The number of rotatable bonds is 11. The lowest BCUT2D eigenvalue weighted by atomic mass is 9.33. The lowest BCUT2D eigenvalue weighted by molar-refractivity contribution is 0.569. The summed E-state index contributed by atoms with van der Waals surface area (Å²) in [6, 6.07) is 100. The fourth-order valence-corrected chi connectivity index (χ4v) is 17.4. The molecule has 4 heterocycles. The summed E-state index contributed by atoms with van der Waals surface area (Å²) in [7, 11) is 0. The minimum Gasteiger partial charge on any atom is -0.310 e. The standard InChI is InChI=1S/C111H105BN6/c1-106(2,3)79-50-55-94-89(63-79)90-64-80(107(4,5)6)51-56-95(90)116(94)85-52-54-93-97(69-85)118(101-86(71-39-27-20-28-40-71)65-83(110(13,14)15)66-87(101)72-41-29-21-30-42-72)99-61-78(77-57-81(108(7,8)9)62-82(58-77)109(10,11)12)60-98-100(99)112(93)92-53-49-76(70-37-25-19-26-38-70)59-96(92)117(98)102-88(73-43-31-22-32-44-73)67-84(111(16,17)18)68-91(102)105-114-103(74-45-33-23-34-46-74)113-104(115-105)75-47-35-24-36-48-75/h19-69H,1-18H3/i19D,25D,26D,37D,38D. The molecule has 0 N–H and O–H groups in total. The molecule has 0 bridgehead atoms. The molecule has 0 fully saturated rings. The first-order valence-corrected chi connectivity index (χ1v) is 41.7. The van der Waals surface area contributed by atoms with Crippen molar-refractivity contribution in [3.05, 3.63) is 343 Å². The molecule has 0 unspecified atom stereocenters. The van der Waals surface area contributed by atoms with Crippen molar-refractivity contribution >= 4 is 79.0 Å². The summed E-state index contributed by atoms with van der Waals surface area (Å²) in [6.07, 6.45) is 0. The lowest BCUT2D eigenvalue weighted by Gasteiger charge is -2.46. The average molecular weight is 1540 g/mol. The van der Waals surface area contributed by atoms with E-state index in [4.69, 9.17) is 16.3 Å². The average Bonchev–Trinajstić information content (AvgIpc) is 0.858. The van der Waals surface area contributed by atoms with Gasteiger partial charge in [-0.3, -0.25) is 0 Å². The van der Waals surface area contributed by atoms with Gasteiger partial charge in [0.15, 0.2) is 17.5 Å². The van der Waals surface area contributed by atoms with Gasteiger partial charge in [-0.2, -0.15) is 0 Å². The van der Waals surface area contributed by atoms with Gasteiger partial charge in [-0.1, -0.05) is 355 Å². The first-order valence-electron chi connectivity index (χ1n) is 44.2. The molecule has 0 saturated carbocycles. The van der Waals surface area contributed by atoms with E-state index in [9.17, 15) is 5.48 Å². The normalized spacial score (nSPS) is 13.7. The maximum Gasteiger partial charge on any atom is 0.252 e. The van der Waals surface area contributed by atoms with Gasteiger partial charge >= 0.3 is 0 Å². The molecule has 6 nitrogen and oxygen atoms in total. The Kier molecular flexibility index (Phi) is 17.3. The van der Waals surface area contributed by atoms with Crippen molar-refractivity contribution in [3.8, 4) is 95.5 Å². The Bertz CT molecular complexity index is 6670. The third-order valence-corrected chi connectivity index (χ3v) is 24.2. The van der Waals surface area contributed by atoms with Crippen LogP contribution in [0, 0.1) is 0 Å². The van der Waals surface area contributed by atoms with Crippen LogP contribution in [0.2, 0.25) is 0 Å². The quantitative estimate of drug-likeness (QED) is 0.121. The van der Waals surface area contributed by atoms with E-state index in [1.165, 1.54) is 38.6 Å². The van der Waals surface area contributed by atoms with Crippen molar-refractivity contribution in [2.45, 2.75) is 157 Å². The Morgan fingerprint density at radius 2 is 0.610 bits per heavy atom. The predicted octanol–water partition coefficient (Wildman–Crippen LogP) is 28.2. The molecule has 0 amide bonds. The topological polar surface area (TPSA) is 50.1 Å². The Balaban J connectivity index is 1.08. The Hall–Kier alpha value is -12.4. The van der Waals surface area contributed by atoms with Crippen molar-refractivity contribution in [1.82, 2.24) is 19.5 Å². The minimum absolute atomic E-state index is 0.0950. The summed E-state index contributed by atoms with van der Waals surface area (Å²) in [5.74, 6) is 1.44. The van der Waals surface area contributed by atoms with Crippen molar-refractivity contribution in [1.29, 1.82) is 0 Å². The predicted molar refractivity (Wildman–Crippen MR) is 504 cm³/mol. The first kappa shape index (κ1) is 70.9. The van der Waals surface area contributed by atoms with Crippen LogP contribution in [0.1, 0.15) is 165 Å². The molecule has 2 aromatic heterocycles. The summed E-state index contributed by atoms with van der Waals surface area (Å²) in [4.78, 5) is 22.0. The molecule has 7 heteroatoms. The summed E-state index contributed by atoms with van der Waals surface area (Å²) in [5, 5.41) is 2.37. The van der Waals surface area contributed by atoms with Gasteiger partial charge in [0.2, 0.25) is 0 Å². The second-order valence-corrected chi connectivity index (χ2v) is 38.6. The molecule has 18 rings (SSSR count). The number of benzene rings is 14. The highest BCUT2D eigenvalue weighted by Crippen LogP contribution is 2.56. The molecular formula is C111H105BN6. The van der Waals surface area contributed by atoms with Crippen LogP contribution >= 0.6 is 0 Å². The molecule has 14 aromatic carbocycles. The molecule has 0 spiro atoms. The number of hydrogen-bond donors (Lipinski definition) is 0. The zero-order chi connectivity index (χ0) is 86.6. The maximum absolute atomic E-state index is 9.91. The summed E-state index contributed by atoms with van der Waals surface area (Å²) in [6.45, 7) is 40.9. The third-order valence-electron chi connectivity index (χ3n) is 24.2. The second-order valence-electron chi connectivity index (χ2n) is 38.6. The molecule has 2 aliphatic heterocycles. The van der Waals surface area contributed by atoms with Gasteiger partial charge < -0.3 is 14.4 Å². The van der Waals surface area contributed by atoms with Gasteiger partial charge in [0, 0.05) is 72.6 Å². The molecule has 582 valence electrons. The van der Waals surface area contributed by atoms with E-state index < -0.39 is 30.3 Å². The largest absolute Gasteiger partial charge is 0.310 e. The van der Waals surface area contributed by atoms with Crippen LogP contribution in [-0.4, -0.2) is 26.2 Å². The number of hydrogen-bond acceptors (Lipinski definition) is 5. The second kappa shape index (κ2) is 28.7. The SMILES string of the molecule is [2H]c1c([2H])c([2H])c(-c2ccc3c(c2)N(c2c(-c4ccccc4)cc(C(C)(C)C)cc2-c2nc(-c4ccccc4)nc(-c4ccccc4)n2)c2cc(-c4cc(C(C)(C)C)cc(C(C)(C)C)c4)cc4c2B3c2ccc(-n3c5ccc(C(C)(C)C)cc5c5cc(C(C)(C)C)ccc53)cc2N4c2c(-c3ccccc3)cc(C(C)(C)C)cc2-c2ccccc2)c([2H])c1[2H]. The van der Waals surface area contributed by atoms with E-state index >= 15 is 0 Å². The van der Waals surface area contributed by atoms with Gasteiger partial charge in [-0.15, -0.1) is 0 Å². The highest BCUT2D eigenvalue weighted by Gasteiger charge is 2.47. The summed E-state index contributed by atoms with van der Waals surface area (Å²) in [5.41, 5.74) is 28.0. The number of nitrogens with zero attached hydrogens (tertiary/aromatic N) is 6. The van der Waals surface area contributed by atoms with Crippen molar-refractivity contribution in [3.63, 3.8) is 0 Å². The molecule has 0 aliphatic carbocycles. The van der Waals surface area contributed by atoms with E-state index in [0.29, 0.717) is 23.0 Å². The van der Waals surface area contributed by atoms with E-state index in [1.807, 2.05) is 42.5 Å². The minimum atomic E-state index is -0.546. The van der Waals surface area contributed by atoms with E-state index in [2.05, 4.69) is 376 Å². The van der Waals surface area contributed by atoms with Crippen LogP contribution in [0.4, 0.5) is 34.1 Å². The Labute approximate surface area is 706 Å². The zero-order valence-electron chi connectivity index (χ0n) is 76.3. The van der Waals surface area contributed by atoms with E-state index in [-0.39, 0.29) is 44.7 Å². The van der Waals surface area contributed by atoms with Gasteiger partial charge in [-0.05, 0) is 200 Å². The number of fused-ring (bicyclic) bond motifs is 7.